The minimum atomic E-state index is -1.59. The van der Waals surface area contributed by atoms with Crippen LogP contribution in [-0.4, -0.2) is 45.8 Å². The van der Waals surface area contributed by atoms with Crippen molar-refractivity contribution in [1.29, 1.82) is 0 Å². The van der Waals surface area contributed by atoms with Crippen LogP contribution in [0.4, 0.5) is 35.1 Å². The molecule has 0 radical (unpaired) electrons. The minimum Gasteiger partial charge on any atom is -0.391 e. The third-order valence-electron chi connectivity index (χ3n) is 3.78. The summed E-state index contributed by atoms with van der Waals surface area (Å²) in [7, 11) is 2.27. The van der Waals surface area contributed by atoms with Crippen molar-refractivity contribution >= 4 is 0 Å². The molecule has 0 fully saturated rings. The maximum atomic E-state index is 13.1. The molecule has 236 valence electrons. The second-order valence-corrected chi connectivity index (χ2v) is 9.95. The molecular weight excluding hydrogens is 651 g/mol. The number of aliphatic hydroxyl groups is 4. The Morgan fingerprint density at radius 1 is 0.463 bits per heavy atom. The molecular formula is C26H36F8O6Zr. The van der Waals surface area contributed by atoms with Crippen LogP contribution in [0.2, 0.25) is 0 Å². The molecule has 0 atom stereocenters. The van der Waals surface area contributed by atoms with Gasteiger partial charge in [0.2, 0.25) is 0 Å². The van der Waals surface area contributed by atoms with Crippen LogP contribution in [0, 0.1) is 46.5 Å². The summed E-state index contributed by atoms with van der Waals surface area (Å²) in [5.41, 5.74) is -4.70. The van der Waals surface area contributed by atoms with Gasteiger partial charge < -0.3 is 29.9 Å². The number of rotatable bonds is 6. The van der Waals surface area contributed by atoms with Gasteiger partial charge in [-0.15, -0.1) is 0 Å². The molecule has 2 aromatic rings. The van der Waals surface area contributed by atoms with Crippen LogP contribution in [0.25, 0.3) is 0 Å². The number of hydrogen-bond donors (Lipinski definition) is 4. The molecule has 6 nitrogen and oxygen atoms in total. The Labute approximate surface area is 253 Å². The van der Waals surface area contributed by atoms with Crippen LogP contribution in [0.5, 0.6) is 0 Å². The van der Waals surface area contributed by atoms with Crippen LogP contribution in [0.15, 0.2) is 0 Å². The topological polar surface area (TPSA) is 99.4 Å². The van der Waals surface area contributed by atoms with Crippen LogP contribution >= 0.6 is 0 Å². The number of ether oxygens (including phenoxy) is 2. The molecule has 0 aromatic heterocycles. The first kappa shape index (κ1) is 44.0. The average Bonchev–Trinajstić information content (AvgIpc) is 2.81. The van der Waals surface area contributed by atoms with Crippen molar-refractivity contribution in [3.8, 4) is 0 Å². The van der Waals surface area contributed by atoms with Crippen molar-refractivity contribution in [2.45, 2.75) is 79.2 Å². The average molecular weight is 688 g/mol. The summed E-state index contributed by atoms with van der Waals surface area (Å²) in [6, 6.07) is 0. The Morgan fingerprint density at radius 3 is 0.732 bits per heavy atom. The molecule has 2 aromatic carbocycles. The van der Waals surface area contributed by atoms with Gasteiger partial charge in [0, 0.05) is 40.4 Å². The molecule has 0 heterocycles. The van der Waals surface area contributed by atoms with E-state index in [0.29, 0.717) is 0 Å². The maximum absolute atomic E-state index is 13.1. The molecule has 15 heteroatoms. The molecule has 0 aliphatic rings. The maximum Gasteiger partial charge on any atom is 0.167 e. The van der Waals surface area contributed by atoms with Gasteiger partial charge in [0.05, 0.1) is 59.9 Å². The number of hydrogen-bond acceptors (Lipinski definition) is 6. The SMILES string of the molecule is CC(C)(C)O.CC(C)(C)O.COCc1c(F)c(F)c(CO)c(F)c1F.COCc1c(F)c(F)c(CO)c(F)c1F.[Zr]. The molecule has 0 aliphatic carbocycles. The fourth-order valence-corrected chi connectivity index (χ4v) is 2.26. The van der Waals surface area contributed by atoms with E-state index in [2.05, 4.69) is 9.47 Å². The number of benzene rings is 2. The van der Waals surface area contributed by atoms with Gasteiger partial charge in [0.25, 0.3) is 0 Å². The van der Waals surface area contributed by atoms with Crippen LogP contribution in [-0.2, 0) is 62.1 Å². The summed E-state index contributed by atoms with van der Waals surface area (Å²) < 4.78 is 113. The molecule has 0 spiro atoms. The Hall–Kier alpha value is -1.48. The van der Waals surface area contributed by atoms with Gasteiger partial charge in [-0.2, -0.15) is 0 Å². The zero-order chi connectivity index (χ0) is 32.2. The second kappa shape index (κ2) is 19.7. The van der Waals surface area contributed by atoms with Crippen molar-refractivity contribution in [2.24, 2.45) is 0 Å². The third-order valence-corrected chi connectivity index (χ3v) is 3.78. The number of halogens is 8. The zero-order valence-corrected chi connectivity index (χ0v) is 26.4. The summed E-state index contributed by atoms with van der Waals surface area (Å²) in [5.74, 6) is -12.5. The quantitative estimate of drug-likeness (QED) is 0.243. The Bertz CT molecular complexity index is 934. The van der Waals surface area contributed by atoms with Crippen molar-refractivity contribution in [1.82, 2.24) is 0 Å². The summed E-state index contributed by atoms with van der Waals surface area (Å²) in [5, 5.41) is 34.1. The fraction of sp³-hybridized carbons (Fsp3) is 0.538. The number of aliphatic hydroxyl groups excluding tert-OH is 2. The van der Waals surface area contributed by atoms with E-state index in [1.807, 2.05) is 0 Å². The van der Waals surface area contributed by atoms with Crippen LogP contribution < -0.4 is 0 Å². The molecule has 0 bridgehead atoms. The molecule has 2 rings (SSSR count). The normalized spacial score (nSPS) is 10.8. The summed E-state index contributed by atoms with van der Waals surface area (Å²) in [6.45, 7) is 7.06. The van der Waals surface area contributed by atoms with Gasteiger partial charge in [0.1, 0.15) is 0 Å². The van der Waals surface area contributed by atoms with Gasteiger partial charge in [-0.25, -0.2) is 35.1 Å². The Balaban J connectivity index is -0.000000523. The molecule has 0 amide bonds. The van der Waals surface area contributed by atoms with E-state index in [-0.39, 0.29) is 26.2 Å². The van der Waals surface area contributed by atoms with Crippen molar-refractivity contribution in [3.05, 3.63) is 68.8 Å². The van der Waals surface area contributed by atoms with Gasteiger partial charge in [-0.3, -0.25) is 0 Å². The molecule has 0 saturated heterocycles. The monoisotopic (exact) mass is 686 g/mol. The summed E-state index contributed by atoms with van der Waals surface area (Å²) >= 11 is 0. The first-order valence-corrected chi connectivity index (χ1v) is 11.4. The van der Waals surface area contributed by atoms with Gasteiger partial charge in [-0.1, -0.05) is 0 Å². The Morgan fingerprint density at radius 2 is 0.610 bits per heavy atom. The van der Waals surface area contributed by atoms with E-state index < -0.39 is 106 Å². The second-order valence-electron chi connectivity index (χ2n) is 9.95. The van der Waals surface area contributed by atoms with Crippen LogP contribution in [0.3, 0.4) is 0 Å². The molecule has 0 saturated carbocycles. The van der Waals surface area contributed by atoms with E-state index in [1.165, 1.54) is 0 Å². The third kappa shape index (κ3) is 16.1. The summed E-state index contributed by atoms with van der Waals surface area (Å²) in [4.78, 5) is 0. The molecule has 0 aliphatic heterocycles. The predicted molar refractivity (Wildman–Crippen MR) is 130 cm³/mol. The van der Waals surface area contributed by atoms with E-state index in [4.69, 9.17) is 20.4 Å². The van der Waals surface area contributed by atoms with E-state index >= 15 is 0 Å². The first-order valence-electron chi connectivity index (χ1n) is 11.4. The zero-order valence-electron chi connectivity index (χ0n) is 24.0. The summed E-state index contributed by atoms with van der Waals surface area (Å²) in [6.07, 6.45) is 0. The van der Waals surface area contributed by atoms with Crippen LogP contribution in [0.1, 0.15) is 63.8 Å². The van der Waals surface area contributed by atoms with Gasteiger partial charge in [0.15, 0.2) is 46.5 Å². The Kier molecular flexibility index (Phi) is 21.1. The fourth-order valence-electron chi connectivity index (χ4n) is 2.26. The van der Waals surface area contributed by atoms with Crippen molar-refractivity contribution < 1.29 is 91.2 Å². The minimum absolute atomic E-state index is 0. The molecule has 0 unspecified atom stereocenters. The predicted octanol–water partition coefficient (Wildman–Crippen LogP) is 5.32. The number of methoxy groups -OCH3 is 2. The molecule has 4 N–H and O–H groups in total. The largest absolute Gasteiger partial charge is 0.391 e. The van der Waals surface area contributed by atoms with E-state index in [1.54, 1.807) is 41.5 Å². The van der Waals surface area contributed by atoms with Gasteiger partial charge >= 0.3 is 0 Å². The standard InChI is InChI=1S/2C9H8F4O2.2C4H10O.Zr/c2*1-15-3-5-8(12)6(10)4(2-14)7(11)9(5)13;2*1-4(2,3)5;/h2*14H,2-3H2,1H3;2*5H,1-3H3;. The molecule has 41 heavy (non-hydrogen) atoms. The smallest absolute Gasteiger partial charge is 0.167 e. The van der Waals surface area contributed by atoms with Gasteiger partial charge in [-0.05, 0) is 41.5 Å². The van der Waals surface area contributed by atoms with Crippen molar-refractivity contribution in [3.63, 3.8) is 0 Å². The van der Waals surface area contributed by atoms with E-state index in [0.717, 1.165) is 14.2 Å². The van der Waals surface area contributed by atoms with E-state index in [9.17, 15) is 35.1 Å². The first-order chi connectivity index (χ1) is 18.1. The van der Waals surface area contributed by atoms with Crippen molar-refractivity contribution in [2.75, 3.05) is 14.2 Å².